The van der Waals surface area contributed by atoms with Crippen LogP contribution in [0.3, 0.4) is 0 Å². The van der Waals surface area contributed by atoms with E-state index in [1.807, 2.05) is 6.92 Å². The standard InChI is InChI=1S/C16H24F2N2O3/c1-4-7-22-13-6-5-12(14(8-13)23-16(17)18)9-20-15(21)10(2)11(3)19/h5-6,8,10-11,16H,4,7,9,19H2,1-3H3,(H,20,21). The molecule has 0 saturated heterocycles. The maximum Gasteiger partial charge on any atom is 0.387 e. The Kier molecular flexibility index (Phi) is 7.74. The smallest absolute Gasteiger partial charge is 0.387 e. The van der Waals surface area contributed by atoms with Gasteiger partial charge in [0.15, 0.2) is 0 Å². The third-order valence-electron chi connectivity index (χ3n) is 3.38. The van der Waals surface area contributed by atoms with Crippen LogP contribution < -0.4 is 20.5 Å². The van der Waals surface area contributed by atoms with Gasteiger partial charge in [0, 0.05) is 30.1 Å². The summed E-state index contributed by atoms with van der Waals surface area (Å²) < 4.78 is 35.0. The number of carbonyl (C=O) groups is 1. The summed E-state index contributed by atoms with van der Waals surface area (Å²) in [6.07, 6.45) is 0.804. The Balaban J connectivity index is 2.81. The summed E-state index contributed by atoms with van der Waals surface area (Å²) in [6, 6.07) is 4.36. The van der Waals surface area contributed by atoms with E-state index < -0.39 is 6.61 Å². The van der Waals surface area contributed by atoms with Gasteiger partial charge < -0.3 is 20.5 Å². The van der Waals surface area contributed by atoms with Crippen LogP contribution in [0.4, 0.5) is 8.78 Å². The average Bonchev–Trinajstić information content (AvgIpc) is 2.50. The quantitative estimate of drug-likeness (QED) is 0.730. The first-order chi connectivity index (χ1) is 10.8. The molecule has 0 heterocycles. The largest absolute Gasteiger partial charge is 0.493 e. The van der Waals surface area contributed by atoms with E-state index in [0.29, 0.717) is 17.9 Å². The molecule has 3 N–H and O–H groups in total. The molecule has 1 aromatic rings. The lowest BCUT2D eigenvalue weighted by atomic mass is 10.0. The van der Waals surface area contributed by atoms with Crippen molar-refractivity contribution < 1.29 is 23.0 Å². The van der Waals surface area contributed by atoms with Crippen LogP contribution in [0.25, 0.3) is 0 Å². The third-order valence-corrected chi connectivity index (χ3v) is 3.38. The molecule has 7 heteroatoms. The van der Waals surface area contributed by atoms with Crippen LogP contribution in [0.1, 0.15) is 32.8 Å². The van der Waals surface area contributed by atoms with Crippen molar-refractivity contribution in [3.05, 3.63) is 23.8 Å². The maximum absolute atomic E-state index is 12.6. The van der Waals surface area contributed by atoms with Crippen molar-refractivity contribution in [1.82, 2.24) is 5.32 Å². The van der Waals surface area contributed by atoms with Crippen molar-refractivity contribution >= 4 is 5.91 Å². The highest BCUT2D eigenvalue weighted by Crippen LogP contribution is 2.26. The van der Waals surface area contributed by atoms with Gasteiger partial charge in [0.1, 0.15) is 11.5 Å². The van der Waals surface area contributed by atoms with Crippen LogP contribution in [-0.4, -0.2) is 25.2 Å². The number of carbonyl (C=O) groups excluding carboxylic acids is 1. The van der Waals surface area contributed by atoms with Crippen LogP contribution >= 0.6 is 0 Å². The fraction of sp³-hybridized carbons (Fsp3) is 0.562. The molecule has 0 aliphatic rings. The number of nitrogens with two attached hydrogens (primary N) is 1. The number of hydrogen-bond donors (Lipinski definition) is 2. The van der Waals surface area contributed by atoms with Crippen molar-refractivity contribution in [2.75, 3.05) is 6.61 Å². The van der Waals surface area contributed by atoms with Crippen LogP contribution in [0, 0.1) is 5.92 Å². The zero-order valence-electron chi connectivity index (χ0n) is 13.6. The normalized spacial score (nSPS) is 13.5. The monoisotopic (exact) mass is 330 g/mol. The van der Waals surface area contributed by atoms with Crippen molar-refractivity contribution in [2.24, 2.45) is 11.7 Å². The van der Waals surface area contributed by atoms with Gasteiger partial charge in [0.2, 0.25) is 5.91 Å². The Labute approximate surface area is 135 Å². The van der Waals surface area contributed by atoms with E-state index in [2.05, 4.69) is 10.1 Å². The first-order valence-electron chi connectivity index (χ1n) is 7.59. The lowest BCUT2D eigenvalue weighted by molar-refractivity contribution is -0.125. The van der Waals surface area contributed by atoms with Gasteiger partial charge >= 0.3 is 6.61 Å². The van der Waals surface area contributed by atoms with Gasteiger partial charge in [0.05, 0.1) is 6.61 Å². The molecule has 1 rings (SSSR count). The summed E-state index contributed by atoms with van der Waals surface area (Å²) in [4.78, 5) is 11.9. The van der Waals surface area contributed by atoms with Gasteiger partial charge in [-0.1, -0.05) is 13.8 Å². The number of rotatable bonds is 9. The lowest BCUT2D eigenvalue weighted by Gasteiger charge is -2.17. The van der Waals surface area contributed by atoms with E-state index in [-0.39, 0.29) is 30.2 Å². The number of alkyl halides is 2. The van der Waals surface area contributed by atoms with Gasteiger partial charge in [-0.05, 0) is 25.5 Å². The molecule has 0 aliphatic heterocycles. The van der Waals surface area contributed by atoms with E-state index in [1.165, 1.54) is 6.07 Å². The molecule has 1 amide bonds. The summed E-state index contributed by atoms with van der Waals surface area (Å²) in [5, 5.41) is 2.67. The number of nitrogens with one attached hydrogen (secondary N) is 1. The van der Waals surface area contributed by atoms with E-state index >= 15 is 0 Å². The minimum atomic E-state index is -2.95. The molecule has 0 saturated carbocycles. The second-order valence-electron chi connectivity index (χ2n) is 5.36. The summed E-state index contributed by atoms with van der Waals surface area (Å²) in [5.41, 5.74) is 6.11. The summed E-state index contributed by atoms with van der Waals surface area (Å²) >= 11 is 0. The van der Waals surface area contributed by atoms with E-state index in [1.54, 1.807) is 26.0 Å². The topological polar surface area (TPSA) is 73.6 Å². The van der Waals surface area contributed by atoms with Gasteiger partial charge in [0.25, 0.3) is 0 Å². The molecule has 0 aliphatic carbocycles. The maximum atomic E-state index is 12.6. The summed E-state index contributed by atoms with van der Waals surface area (Å²) in [7, 11) is 0. The van der Waals surface area contributed by atoms with Crippen molar-refractivity contribution in [3.63, 3.8) is 0 Å². The molecule has 0 aromatic heterocycles. The minimum absolute atomic E-state index is 0.0117. The fourth-order valence-corrected chi connectivity index (χ4v) is 1.78. The Morgan fingerprint density at radius 3 is 2.61 bits per heavy atom. The summed E-state index contributed by atoms with van der Waals surface area (Å²) in [5.74, 6) is -0.181. The Morgan fingerprint density at radius 2 is 2.04 bits per heavy atom. The van der Waals surface area contributed by atoms with E-state index in [4.69, 9.17) is 10.5 Å². The van der Waals surface area contributed by atoms with E-state index in [0.717, 1.165) is 6.42 Å². The van der Waals surface area contributed by atoms with Crippen LogP contribution in [0.5, 0.6) is 11.5 Å². The number of halogens is 2. The highest BCUT2D eigenvalue weighted by molar-refractivity contribution is 5.79. The molecular weight excluding hydrogens is 306 g/mol. The summed E-state index contributed by atoms with van der Waals surface area (Å²) in [6.45, 7) is 2.99. The molecule has 0 fully saturated rings. The molecular formula is C16H24F2N2O3. The number of ether oxygens (including phenoxy) is 2. The lowest BCUT2D eigenvalue weighted by Crippen LogP contribution is -2.38. The first-order valence-corrected chi connectivity index (χ1v) is 7.59. The molecule has 2 atom stereocenters. The number of hydrogen-bond acceptors (Lipinski definition) is 4. The zero-order valence-corrected chi connectivity index (χ0v) is 13.6. The van der Waals surface area contributed by atoms with Crippen molar-refractivity contribution in [2.45, 2.75) is 46.4 Å². The van der Waals surface area contributed by atoms with Gasteiger partial charge in [-0.2, -0.15) is 8.78 Å². The molecule has 0 spiro atoms. The second kappa shape index (κ2) is 9.29. The van der Waals surface area contributed by atoms with Crippen molar-refractivity contribution in [1.29, 1.82) is 0 Å². The molecule has 130 valence electrons. The molecule has 0 bridgehead atoms. The highest BCUT2D eigenvalue weighted by Gasteiger charge is 2.18. The van der Waals surface area contributed by atoms with Crippen LogP contribution in [0.2, 0.25) is 0 Å². The number of benzene rings is 1. The average molecular weight is 330 g/mol. The predicted octanol–water partition coefficient (Wildman–Crippen LogP) is 2.68. The third kappa shape index (κ3) is 6.40. The Hall–Kier alpha value is -1.89. The van der Waals surface area contributed by atoms with Gasteiger partial charge in [-0.3, -0.25) is 4.79 Å². The van der Waals surface area contributed by atoms with E-state index in [9.17, 15) is 13.6 Å². The molecule has 0 radical (unpaired) electrons. The molecule has 5 nitrogen and oxygen atoms in total. The first kappa shape index (κ1) is 19.2. The van der Waals surface area contributed by atoms with Gasteiger partial charge in [-0.25, -0.2) is 0 Å². The Morgan fingerprint density at radius 1 is 1.35 bits per heavy atom. The SMILES string of the molecule is CCCOc1ccc(CNC(=O)C(C)C(C)N)c(OC(F)F)c1. The molecule has 1 aromatic carbocycles. The minimum Gasteiger partial charge on any atom is -0.493 e. The Bertz CT molecular complexity index is 510. The molecule has 23 heavy (non-hydrogen) atoms. The number of amides is 1. The van der Waals surface area contributed by atoms with Crippen LogP contribution in [0.15, 0.2) is 18.2 Å². The van der Waals surface area contributed by atoms with Gasteiger partial charge in [-0.15, -0.1) is 0 Å². The predicted molar refractivity (Wildman–Crippen MR) is 83.5 cm³/mol. The highest BCUT2D eigenvalue weighted by atomic mass is 19.3. The molecule has 2 unspecified atom stereocenters. The zero-order chi connectivity index (χ0) is 17.4. The van der Waals surface area contributed by atoms with Crippen molar-refractivity contribution in [3.8, 4) is 11.5 Å². The van der Waals surface area contributed by atoms with Crippen LogP contribution in [-0.2, 0) is 11.3 Å². The fourth-order valence-electron chi connectivity index (χ4n) is 1.78. The second-order valence-corrected chi connectivity index (χ2v) is 5.36.